The Bertz CT molecular complexity index is 1360. The second-order valence-electron chi connectivity index (χ2n) is 9.23. The number of unbranched alkanes of at least 4 members (excludes halogenated alkanes) is 5. The fourth-order valence-electron chi connectivity index (χ4n) is 4.17. The fraction of sp³-hybridized carbons (Fsp3) is 0.273. The van der Waals surface area contributed by atoms with E-state index in [0.717, 1.165) is 28.8 Å². The van der Waals surface area contributed by atoms with Gasteiger partial charge in [-0.15, -0.1) is 0 Å². The molecule has 0 spiro atoms. The maximum Gasteiger partial charge on any atom is 0.343 e. The van der Waals surface area contributed by atoms with Crippen molar-refractivity contribution in [1.29, 1.82) is 0 Å². The number of fused-ring (bicyclic) bond motifs is 1. The molecule has 0 heterocycles. The normalized spacial score (nSPS) is 11.1. The molecule has 0 amide bonds. The molecule has 5 nitrogen and oxygen atoms in total. The monoisotopic (exact) mass is 509 g/mol. The third-order valence-electron chi connectivity index (χ3n) is 6.34. The van der Waals surface area contributed by atoms with E-state index in [0.29, 0.717) is 23.7 Å². The van der Waals surface area contributed by atoms with E-state index in [2.05, 4.69) is 30.1 Å². The molecule has 196 valence electrons. The van der Waals surface area contributed by atoms with Gasteiger partial charge >= 0.3 is 5.97 Å². The minimum Gasteiger partial charge on any atom is -0.494 e. The zero-order valence-electron chi connectivity index (χ0n) is 22.2. The summed E-state index contributed by atoms with van der Waals surface area (Å²) in [6.45, 7) is 2.91. The van der Waals surface area contributed by atoms with Crippen molar-refractivity contribution in [2.24, 2.45) is 4.99 Å². The first-order valence-corrected chi connectivity index (χ1v) is 13.3. The zero-order valence-corrected chi connectivity index (χ0v) is 22.2. The van der Waals surface area contributed by atoms with Gasteiger partial charge in [0.2, 0.25) is 0 Å². The highest BCUT2D eigenvalue weighted by Crippen LogP contribution is 2.29. The van der Waals surface area contributed by atoms with Crippen LogP contribution >= 0.6 is 0 Å². The number of aliphatic imine (C=N–C) groups is 1. The smallest absolute Gasteiger partial charge is 0.343 e. The van der Waals surface area contributed by atoms with Crippen molar-refractivity contribution < 1.29 is 19.0 Å². The molecule has 5 heteroatoms. The van der Waals surface area contributed by atoms with E-state index in [9.17, 15) is 4.79 Å². The van der Waals surface area contributed by atoms with Crippen LogP contribution in [-0.2, 0) is 0 Å². The fourth-order valence-corrected chi connectivity index (χ4v) is 4.17. The third kappa shape index (κ3) is 7.69. The lowest BCUT2D eigenvalue weighted by Crippen LogP contribution is -2.09. The number of ether oxygens (including phenoxy) is 3. The van der Waals surface area contributed by atoms with Crippen molar-refractivity contribution in [3.05, 3.63) is 96.1 Å². The van der Waals surface area contributed by atoms with Gasteiger partial charge in [-0.05, 0) is 77.4 Å². The van der Waals surface area contributed by atoms with Crippen molar-refractivity contribution in [1.82, 2.24) is 0 Å². The average Bonchev–Trinajstić information content (AvgIpc) is 2.96. The minimum atomic E-state index is -0.455. The second-order valence-corrected chi connectivity index (χ2v) is 9.23. The van der Waals surface area contributed by atoms with Crippen LogP contribution in [0.2, 0.25) is 0 Å². The second kappa shape index (κ2) is 14.0. The van der Waals surface area contributed by atoms with Gasteiger partial charge in [0.25, 0.3) is 0 Å². The Kier molecular flexibility index (Phi) is 9.91. The van der Waals surface area contributed by atoms with Crippen LogP contribution in [0.4, 0.5) is 5.69 Å². The Morgan fingerprint density at radius 2 is 1.55 bits per heavy atom. The van der Waals surface area contributed by atoms with Crippen LogP contribution in [0.5, 0.6) is 17.2 Å². The maximum absolute atomic E-state index is 12.7. The van der Waals surface area contributed by atoms with Gasteiger partial charge in [0.05, 0.1) is 25.0 Å². The lowest BCUT2D eigenvalue weighted by molar-refractivity contribution is 0.0729. The minimum absolute atomic E-state index is 0.351. The van der Waals surface area contributed by atoms with Crippen LogP contribution < -0.4 is 14.2 Å². The van der Waals surface area contributed by atoms with Crippen LogP contribution in [0.1, 0.15) is 61.4 Å². The zero-order chi connectivity index (χ0) is 26.6. The Labute approximate surface area is 225 Å². The number of nitrogens with zero attached hydrogens (tertiary/aromatic N) is 1. The van der Waals surface area contributed by atoms with Gasteiger partial charge in [-0.3, -0.25) is 4.99 Å². The number of methoxy groups -OCH3 is 1. The summed E-state index contributed by atoms with van der Waals surface area (Å²) >= 11 is 0. The van der Waals surface area contributed by atoms with Gasteiger partial charge in [0.1, 0.15) is 5.75 Å². The topological polar surface area (TPSA) is 57.1 Å². The van der Waals surface area contributed by atoms with Crippen LogP contribution in [0.15, 0.2) is 89.9 Å². The number of hydrogen-bond donors (Lipinski definition) is 0. The van der Waals surface area contributed by atoms with Crippen LogP contribution in [0.3, 0.4) is 0 Å². The van der Waals surface area contributed by atoms with Crippen molar-refractivity contribution in [2.75, 3.05) is 13.7 Å². The van der Waals surface area contributed by atoms with Gasteiger partial charge < -0.3 is 14.2 Å². The van der Waals surface area contributed by atoms with E-state index < -0.39 is 5.97 Å². The molecule has 0 saturated carbocycles. The summed E-state index contributed by atoms with van der Waals surface area (Å²) in [5.41, 5.74) is 2.14. The first-order valence-electron chi connectivity index (χ1n) is 13.3. The van der Waals surface area contributed by atoms with Gasteiger partial charge in [-0.25, -0.2) is 4.79 Å². The molecule has 0 aromatic heterocycles. The SMILES string of the molecule is CCCCCCCCOc1ccc(C(=O)Oc2ccc(C=Nc3ccc4ccccc4c3)cc2OC)cc1. The van der Waals surface area contributed by atoms with E-state index in [1.54, 1.807) is 49.7 Å². The number of hydrogen-bond acceptors (Lipinski definition) is 5. The van der Waals surface area contributed by atoms with Gasteiger partial charge in [-0.1, -0.05) is 69.4 Å². The summed E-state index contributed by atoms with van der Waals surface area (Å²) < 4.78 is 16.9. The third-order valence-corrected chi connectivity index (χ3v) is 6.34. The standard InChI is InChI=1S/C33H35NO4/c1-3-4-5-6-7-10-21-37-30-18-15-27(16-19-30)33(35)38-31-20-13-25(22-32(31)36-2)24-34-29-17-14-26-11-8-9-12-28(26)23-29/h8-9,11-20,22-24H,3-7,10,21H2,1-2H3. The Hall–Kier alpha value is -4.12. The van der Waals surface area contributed by atoms with Crippen LogP contribution in [0.25, 0.3) is 10.8 Å². The number of carbonyl (C=O) groups excluding carboxylic acids is 1. The van der Waals surface area contributed by atoms with Gasteiger partial charge in [-0.2, -0.15) is 0 Å². The Morgan fingerprint density at radius 1 is 0.789 bits per heavy atom. The lowest BCUT2D eigenvalue weighted by Gasteiger charge is -2.11. The number of benzene rings is 4. The molecule has 4 aromatic rings. The van der Waals surface area contributed by atoms with E-state index in [4.69, 9.17) is 14.2 Å². The summed E-state index contributed by atoms with van der Waals surface area (Å²) in [7, 11) is 1.55. The number of carbonyl (C=O) groups is 1. The summed E-state index contributed by atoms with van der Waals surface area (Å²) in [6.07, 6.45) is 9.09. The Balaban J connectivity index is 1.32. The van der Waals surface area contributed by atoms with Crippen molar-refractivity contribution >= 4 is 28.6 Å². The van der Waals surface area contributed by atoms with E-state index in [-0.39, 0.29) is 0 Å². The number of esters is 1. The first kappa shape index (κ1) is 26.9. The predicted molar refractivity (Wildman–Crippen MR) is 154 cm³/mol. The number of rotatable bonds is 13. The van der Waals surface area contributed by atoms with E-state index in [1.165, 1.54) is 37.5 Å². The van der Waals surface area contributed by atoms with Crippen molar-refractivity contribution in [3.8, 4) is 17.2 Å². The highest BCUT2D eigenvalue weighted by molar-refractivity contribution is 5.92. The van der Waals surface area contributed by atoms with Crippen LogP contribution in [-0.4, -0.2) is 25.9 Å². The molecule has 0 atom stereocenters. The molecule has 4 aromatic carbocycles. The molecule has 0 unspecified atom stereocenters. The summed E-state index contributed by atoms with van der Waals surface area (Å²) in [5, 5.41) is 2.31. The molecular formula is C33H35NO4. The van der Waals surface area contributed by atoms with Crippen LogP contribution in [0, 0.1) is 0 Å². The molecular weight excluding hydrogens is 474 g/mol. The molecule has 38 heavy (non-hydrogen) atoms. The molecule has 0 saturated heterocycles. The van der Waals surface area contributed by atoms with Gasteiger partial charge in [0.15, 0.2) is 11.5 Å². The molecule has 0 aliphatic carbocycles. The lowest BCUT2D eigenvalue weighted by atomic mass is 10.1. The Morgan fingerprint density at radius 3 is 2.34 bits per heavy atom. The molecule has 0 aliphatic heterocycles. The molecule has 0 N–H and O–H groups in total. The predicted octanol–water partition coefficient (Wildman–Crippen LogP) is 8.56. The quantitative estimate of drug-likeness (QED) is 0.0784. The van der Waals surface area contributed by atoms with Gasteiger partial charge in [0, 0.05) is 6.21 Å². The summed E-state index contributed by atoms with van der Waals surface area (Å²) in [5.74, 6) is 1.11. The maximum atomic E-state index is 12.7. The molecule has 0 fully saturated rings. The van der Waals surface area contributed by atoms with E-state index >= 15 is 0 Å². The van der Waals surface area contributed by atoms with Crippen molar-refractivity contribution in [3.63, 3.8) is 0 Å². The molecule has 0 aliphatic rings. The highest BCUT2D eigenvalue weighted by Gasteiger charge is 2.13. The van der Waals surface area contributed by atoms with E-state index in [1.807, 2.05) is 30.3 Å². The highest BCUT2D eigenvalue weighted by atomic mass is 16.6. The summed E-state index contributed by atoms with van der Waals surface area (Å²) in [6, 6.07) is 26.7. The van der Waals surface area contributed by atoms with Crippen molar-refractivity contribution in [2.45, 2.75) is 45.4 Å². The summed E-state index contributed by atoms with van der Waals surface area (Å²) in [4.78, 5) is 17.3. The average molecular weight is 510 g/mol. The first-order chi connectivity index (χ1) is 18.7. The molecule has 0 radical (unpaired) electrons. The molecule has 4 rings (SSSR count). The largest absolute Gasteiger partial charge is 0.494 e. The molecule has 0 bridgehead atoms.